The molecule has 0 saturated carbocycles. The van der Waals surface area contributed by atoms with E-state index in [0.717, 1.165) is 0 Å². The lowest BCUT2D eigenvalue weighted by Gasteiger charge is -2.41. The highest BCUT2D eigenvalue weighted by atomic mass is 28.4. The van der Waals surface area contributed by atoms with Gasteiger partial charge in [0.1, 0.15) is 6.23 Å². The normalized spacial score (nSPS) is 14.5. The molecule has 0 aromatic rings. The van der Waals surface area contributed by atoms with E-state index < -0.39 is 8.32 Å². The van der Waals surface area contributed by atoms with Crippen LogP contribution in [0.25, 0.3) is 0 Å². The molecule has 4 nitrogen and oxygen atoms in total. The van der Waals surface area contributed by atoms with E-state index >= 15 is 0 Å². The molecule has 0 bridgehead atoms. The number of carbonyl (C=O) groups is 1. The molecule has 0 heterocycles. The first-order valence-corrected chi connectivity index (χ1v) is 9.89. The van der Waals surface area contributed by atoms with Crippen molar-refractivity contribution in [2.45, 2.75) is 71.9 Å². The van der Waals surface area contributed by atoms with E-state index in [4.69, 9.17) is 4.43 Å². The second-order valence-corrected chi connectivity index (χ2v) is 11.8. The van der Waals surface area contributed by atoms with Crippen molar-refractivity contribution >= 4 is 14.3 Å². The quantitative estimate of drug-likeness (QED) is 0.583. The smallest absolute Gasteiger partial charge is 0.321 e. The van der Waals surface area contributed by atoms with Crippen LogP contribution in [0.15, 0.2) is 0 Å². The minimum atomic E-state index is -1.85. The Hall–Kier alpha value is -0.553. The fourth-order valence-corrected chi connectivity index (χ4v) is 2.67. The van der Waals surface area contributed by atoms with E-state index in [-0.39, 0.29) is 23.3 Å². The summed E-state index contributed by atoms with van der Waals surface area (Å²) in [5, 5.41) is 0.148. The molecule has 0 aliphatic carbocycles. The van der Waals surface area contributed by atoms with Crippen LogP contribution in [0.4, 0.5) is 4.79 Å². The molecule has 0 aromatic heterocycles. The van der Waals surface area contributed by atoms with Crippen LogP contribution in [0.3, 0.4) is 0 Å². The second-order valence-electron chi connectivity index (χ2n) is 7.08. The Morgan fingerprint density at radius 3 is 1.79 bits per heavy atom. The molecule has 2 amide bonds. The number of hydrogen-bond acceptors (Lipinski definition) is 2. The fraction of sp³-hybridized carbons (Fsp3) is 0.929. The molecule has 0 rings (SSSR count). The summed E-state index contributed by atoms with van der Waals surface area (Å²) in [7, 11) is 1.78. The minimum absolute atomic E-state index is 0.00112. The van der Waals surface area contributed by atoms with Crippen molar-refractivity contribution < 1.29 is 9.22 Å². The van der Waals surface area contributed by atoms with E-state index in [0.29, 0.717) is 0 Å². The first-order valence-electron chi connectivity index (χ1n) is 6.98. The Labute approximate surface area is 120 Å². The Morgan fingerprint density at radius 1 is 1.05 bits per heavy atom. The van der Waals surface area contributed by atoms with Crippen LogP contribution in [0.5, 0.6) is 0 Å². The summed E-state index contributed by atoms with van der Waals surface area (Å²) in [6.07, 6.45) is -0.199. The number of urea groups is 1. The molecule has 0 aliphatic rings. The molecule has 1 unspecified atom stereocenters. The van der Waals surface area contributed by atoms with Crippen LogP contribution in [0.1, 0.15) is 41.5 Å². The van der Waals surface area contributed by atoms with Crippen LogP contribution in [-0.4, -0.2) is 50.5 Å². The van der Waals surface area contributed by atoms with Gasteiger partial charge >= 0.3 is 6.03 Å². The summed E-state index contributed by atoms with van der Waals surface area (Å²) in [4.78, 5) is 15.7. The van der Waals surface area contributed by atoms with E-state index in [1.54, 1.807) is 16.8 Å². The lowest BCUT2D eigenvalue weighted by molar-refractivity contribution is 0.0544. The third-order valence-electron chi connectivity index (χ3n) is 4.19. The topological polar surface area (TPSA) is 32.8 Å². The molecule has 19 heavy (non-hydrogen) atoms. The lowest BCUT2D eigenvalue weighted by Crippen LogP contribution is -2.52. The van der Waals surface area contributed by atoms with Crippen LogP contribution in [0, 0.1) is 0 Å². The summed E-state index contributed by atoms with van der Waals surface area (Å²) in [5.74, 6) is 0. The van der Waals surface area contributed by atoms with Crippen molar-refractivity contribution in [1.82, 2.24) is 9.80 Å². The van der Waals surface area contributed by atoms with Crippen LogP contribution >= 0.6 is 0 Å². The highest BCUT2D eigenvalue weighted by molar-refractivity contribution is 6.74. The Bertz CT molecular complexity index is 311. The standard InChI is InChI=1S/C14H32N2O2Si/c1-11(2)15(7)13(17)16(8)12(3)18-19(9,10)14(4,5)6/h11-12H,1-10H3. The van der Waals surface area contributed by atoms with Gasteiger partial charge in [0.15, 0.2) is 8.32 Å². The SMILES string of the molecule is CC(C)N(C)C(=O)N(C)C(C)O[Si](C)(C)C(C)(C)C. The lowest BCUT2D eigenvalue weighted by atomic mass is 10.2. The van der Waals surface area contributed by atoms with E-state index in [1.165, 1.54) is 0 Å². The molecule has 0 N–H and O–H groups in total. The Morgan fingerprint density at radius 2 is 1.47 bits per heavy atom. The fourth-order valence-electron chi connectivity index (χ4n) is 1.31. The zero-order valence-corrected chi connectivity index (χ0v) is 15.4. The van der Waals surface area contributed by atoms with Crippen molar-refractivity contribution in [3.05, 3.63) is 0 Å². The molecule has 114 valence electrons. The maximum atomic E-state index is 12.2. The highest BCUT2D eigenvalue weighted by Gasteiger charge is 2.39. The summed E-state index contributed by atoms with van der Waals surface area (Å²) in [5.41, 5.74) is 0. The number of hydrogen-bond donors (Lipinski definition) is 0. The van der Waals surface area contributed by atoms with Gasteiger partial charge in [0.25, 0.3) is 0 Å². The molecular formula is C14H32N2O2Si. The molecule has 0 spiro atoms. The first kappa shape index (κ1) is 18.4. The van der Waals surface area contributed by atoms with Crippen molar-refractivity contribution in [3.8, 4) is 0 Å². The average molecular weight is 289 g/mol. The van der Waals surface area contributed by atoms with Crippen LogP contribution in [-0.2, 0) is 4.43 Å². The van der Waals surface area contributed by atoms with Gasteiger partial charge in [0.2, 0.25) is 0 Å². The van der Waals surface area contributed by atoms with E-state index in [1.807, 2.05) is 27.8 Å². The molecule has 0 aromatic carbocycles. The Balaban J connectivity index is 4.76. The Kier molecular flexibility index (Phi) is 6.08. The van der Waals surface area contributed by atoms with Gasteiger partial charge in [-0.3, -0.25) is 0 Å². The van der Waals surface area contributed by atoms with E-state index in [9.17, 15) is 4.79 Å². The van der Waals surface area contributed by atoms with Gasteiger partial charge in [-0.2, -0.15) is 0 Å². The minimum Gasteiger partial charge on any atom is -0.397 e. The zero-order valence-electron chi connectivity index (χ0n) is 14.4. The van der Waals surface area contributed by atoms with Crippen molar-refractivity contribution in [3.63, 3.8) is 0 Å². The van der Waals surface area contributed by atoms with Gasteiger partial charge < -0.3 is 14.2 Å². The summed E-state index contributed by atoms with van der Waals surface area (Å²) < 4.78 is 6.23. The van der Waals surface area contributed by atoms with Crippen molar-refractivity contribution in [2.75, 3.05) is 14.1 Å². The number of carbonyl (C=O) groups excluding carboxylic acids is 1. The molecule has 0 aliphatic heterocycles. The predicted octanol–water partition coefficient (Wildman–Crippen LogP) is 3.75. The zero-order chi connectivity index (χ0) is 15.6. The monoisotopic (exact) mass is 288 g/mol. The highest BCUT2D eigenvalue weighted by Crippen LogP contribution is 2.37. The molecule has 0 saturated heterocycles. The predicted molar refractivity (Wildman–Crippen MR) is 83.8 cm³/mol. The molecule has 0 radical (unpaired) electrons. The van der Waals surface area contributed by atoms with Gasteiger partial charge in [0, 0.05) is 20.1 Å². The van der Waals surface area contributed by atoms with Gasteiger partial charge in [0.05, 0.1) is 0 Å². The maximum absolute atomic E-state index is 12.2. The second kappa shape index (κ2) is 6.26. The largest absolute Gasteiger partial charge is 0.397 e. The number of nitrogens with zero attached hydrogens (tertiary/aromatic N) is 2. The molecule has 0 fully saturated rings. The van der Waals surface area contributed by atoms with Gasteiger partial charge in [-0.15, -0.1) is 0 Å². The molecule has 5 heteroatoms. The number of rotatable bonds is 4. The van der Waals surface area contributed by atoms with Crippen LogP contribution in [0.2, 0.25) is 18.1 Å². The summed E-state index contributed by atoms with van der Waals surface area (Å²) >= 11 is 0. The maximum Gasteiger partial charge on any atom is 0.321 e. The van der Waals surface area contributed by atoms with Crippen molar-refractivity contribution in [2.24, 2.45) is 0 Å². The van der Waals surface area contributed by atoms with Gasteiger partial charge in [-0.1, -0.05) is 20.8 Å². The third kappa shape index (κ3) is 4.80. The first-order chi connectivity index (χ1) is 8.31. The number of amides is 2. The molecule has 1 atom stereocenters. The van der Waals surface area contributed by atoms with Gasteiger partial charge in [-0.05, 0) is 38.9 Å². The van der Waals surface area contributed by atoms with Crippen LogP contribution < -0.4 is 0 Å². The van der Waals surface area contributed by atoms with E-state index in [2.05, 4.69) is 33.9 Å². The summed E-state index contributed by atoms with van der Waals surface area (Å²) in [6, 6.07) is 0.191. The third-order valence-corrected chi connectivity index (χ3v) is 8.74. The van der Waals surface area contributed by atoms with Gasteiger partial charge in [-0.25, -0.2) is 4.79 Å². The average Bonchev–Trinajstić information content (AvgIpc) is 2.23. The summed E-state index contributed by atoms with van der Waals surface area (Å²) in [6.45, 7) is 17.0. The van der Waals surface area contributed by atoms with Crippen molar-refractivity contribution in [1.29, 1.82) is 0 Å². The molecular weight excluding hydrogens is 256 g/mol.